The summed E-state index contributed by atoms with van der Waals surface area (Å²) in [4.78, 5) is 18.7. The minimum Gasteiger partial charge on any atom is -0.461 e. The number of piperidine rings is 1. The summed E-state index contributed by atoms with van der Waals surface area (Å²) < 4.78 is 12.6. The fourth-order valence-corrected chi connectivity index (χ4v) is 3.48. The fourth-order valence-electron chi connectivity index (χ4n) is 3.48. The number of imidazole rings is 1. The lowest BCUT2D eigenvalue weighted by Gasteiger charge is -2.35. The van der Waals surface area contributed by atoms with Gasteiger partial charge in [-0.05, 0) is 37.8 Å². The summed E-state index contributed by atoms with van der Waals surface area (Å²) in [6, 6.07) is 5.58. The molecule has 4 rings (SSSR count). The first-order chi connectivity index (χ1) is 13.3. The van der Waals surface area contributed by atoms with Gasteiger partial charge in [0, 0.05) is 37.6 Å². The van der Waals surface area contributed by atoms with E-state index < -0.39 is 0 Å². The number of hydrogen-bond acceptors (Lipinski definition) is 5. The van der Waals surface area contributed by atoms with Gasteiger partial charge in [-0.2, -0.15) is 0 Å². The molecule has 1 aliphatic heterocycles. The van der Waals surface area contributed by atoms with Gasteiger partial charge in [0.1, 0.15) is 5.69 Å². The zero-order valence-corrected chi connectivity index (χ0v) is 15.1. The van der Waals surface area contributed by atoms with Crippen LogP contribution in [0.5, 0.6) is 0 Å². The van der Waals surface area contributed by atoms with Crippen molar-refractivity contribution in [3.63, 3.8) is 0 Å². The summed E-state index contributed by atoms with van der Waals surface area (Å²) in [6.45, 7) is 1.98. The molecule has 27 heavy (non-hydrogen) atoms. The second-order valence-electron chi connectivity index (χ2n) is 6.75. The van der Waals surface area contributed by atoms with Gasteiger partial charge in [-0.1, -0.05) is 5.16 Å². The van der Waals surface area contributed by atoms with E-state index in [1.54, 1.807) is 24.6 Å². The number of nitrogens with one attached hydrogen (secondary N) is 1. The SMILES string of the molecule is O=C(NCc1cc(-c2ccco2)on1)N1CCCCC1CCn1ccnc1. The highest BCUT2D eigenvalue weighted by molar-refractivity contribution is 5.74. The van der Waals surface area contributed by atoms with Crippen LogP contribution < -0.4 is 5.32 Å². The molecule has 1 saturated heterocycles. The lowest BCUT2D eigenvalue weighted by atomic mass is 10.00. The number of furan rings is 1. The van der Waals surface area contributed by atoms with Crippen molar-refractivity contribution in [3.05, 3.63) is 48.9 Å². The maximum Gasteiger partial charge on any atom is 0.317 e. The molecule has 3 aromatic rings. The van der Waals surface area contributed by atoms with E-state index in [2.05, 4.69) is 20.0 Å². The third-order valence-corrected chi connectivity index (χ3v) is 4.91. The minimum atomic E-state index is -0.0483. The van der Waals surface area contributed by atoms with Crippen LogP contribution in [0.1, 0.15) is 31.4 Å². The Hall–Kier alpha value is -3.03. The van der Waals surface area contributed by atoms with Crippen LogP contribution in [0, 0.1) is 0 Å². The molecule has 0 bridgehead atoms. The Balaban J connectivity index is 1.32. The van der Waals surface area contributed by atoms with Crippen LogP contribution in [0.4, 0.5) is 4.79 Å². The number of carbonyl (C=O) groups is 1. The Kier molecular flexibility index (Phi) is 5.22. The average Bonchev–Trinajstić information content (AvgIpc) is 3.47. The number of rotatable bonds is 6. The van der Waals surface area contributed by atoms with E-state index in [0.29, 0.717) is 23.8 Å². The molecule has 1 fully saturated rings. The molecular formula is C19H23N5O3. The van der Waals surface area contributed by atoms with E-state index in [-0.39, 0.29) is 12.1 Å². The fraction of sp³-hybridized carbons (Fsp3) is 0.421. The molecule has 1 aliphatic rings. The first-order valence-electron chi connectivity index (χ1n) is 9.29. The molecular weight excluding hydrogens is 346 g/mol. The van der Waals surface area contributed by atoms with Crippen molar-refractivity contribution in [2.45, 2.75) is 44.8 Å². The predicted molar refractivity (Wildman–Crippen MR) is 97.6 cm³/mol. The van der Waals surface area contributed by atoms with Crippen LogP contribution in [0.25, 0.3) is 11.5 Å². The highest BCUT2D eigenvalue weighted by atomic mass is 16.5. The maximum absolute atomic E-state index is 12.7. The summed E-state index contributed by atoms with van der Waals surface area (Å²) >= 11 is 0. The summed E-state index contributed by atoms with van der Waals surface area (Å²) in [6.07, 6.45) is 11.3. The second kappa shape index (κ2) is 8.11. The second-order valence-corrected chi connectivity index (χ2v) is 6.75. The largest absolute Gasteiger partial charge is 0.461 e. The number of aromatic nitrogens is 3. The first-order valence-corrected chi connectivity index (χ1v) is 9.29. The standard InChI is InChI=1S/C19H23N5O3/c25-19(21-13-15-12-18(27-22-15)17-5-3-11-26-17)24-8-2-1-4-16(24)6-9-23-10-7-20-14-23/h3,5,7,10-12,14,16H,1-2,4,6,8-9,13H2,(H,21,25). The predicted octanol–water partition coefficient (Wildman–Crippen LogP) is 3.29. The Morgan fingerprint density at radius 2 is 2.30 bits per heavy atom. The Morgan fingerprint density at radius 3 is 3.11 bits per heavy atom. The monoisotopic (exact) mass is 369 g/mol. The molecule has 2 amide bonds. The average molecular weight is 369 g/mol. The topological polar surface area (TPSA) is 89.3 Å². The lowest BCUT2D eigenvalue weighted by Crippen LogP contribution is -2.48. The maximum atomic E-state index is 12.7. The summed E-state index contributed by atoms with van der Waals surface area (Å²) in [5.41, 5.74) is 0.668. The molecule has 0 radical (unpaired) electrons. The smallest absolute Gasteiger partial charge is 0.317 e. The summed E-state index contributed by atoms with van der Waals surface area (Å²) in [7, 11) is 0. The third-order valence-electron chi connectivity index (χ3n) is 4.91. The quantitative estimate of drug-likeness (QED) is 0.720. The first kappa shape index (κ1) is 17.4. The van der Waals surface area contributed by atoms with Gasteiger partial charge in [0.05, 0.1) is 19.1 Å². The highest BCUT2D eigenvalue weighted by Gasteiger charge is 2.26. The number of carbonyl (C=O) groups excluding carboxylic acids is 1. The number of urea groups is 1. The van der Waals surface area contributed by atoms with E-state index in [1.165, 1.54) is 0 Å². The Labute approximate surface area is 157 Å². The zero-order chi connectivity index (χ0) is 18.5. The number of likely N-dealkylation sites (tertiary alicyclic amines) is 1. The van der Waals surface area contributed by atoms with Gasteiger partial charge in [-0.25, -0.2) is 9.78 Å². The van der Waals surface area contributed by atoms with E-state index in [9.17, 15) is 4.79 Å². The highest BCUT2D eigenvalue weighted by Crippen LogP contribution is 2.22. The molecule has 0 aromatic carbocycles. The normalized spacial score (nSPS) is 17.2. The van der Waals surface area contributed by atoms with Crippen molar-refractivity contribution in [3.8, 4) is 11.5 Å². The van der Waals surface area contributed by atoms with E-state index >= 15 is 0 Å². The molecule has 1 atom stereocenters. The van der Waals surface area contributed by atoms with E-state index in [0.717, 1.165) is 38.8 Å². The molecule has 1 N–H and O–H groups in total. The third kappa shape index (κ3) is 4.21. The van der Waals surface area contributed by atoms with Gasteiger partial charge < -0.3 is 23.7 Å². The Bertz CT molecular complexity index is 841. The molecule has 8 heteroatoms. The van der Waals surface area contributed by atoms with Gasteiger partial charge in [0.2, 0.25) is 5.76 Å². The van der Waals surface area contributed by atoms with Crippen LogP contribution in [0.2, 0.25) is 0 Å². The van der Waals surface area contributed by atoms with Crippen molar-refractivity contribution < 1.29 is 13.7 Å². The molecule has 3 aromatic heterocycles. The minimum absolute atomic E-state index is 0.0483. The molecule has 0 aliphatic carbocycles. The van der Waals surface area contributed by atoms with Crippen LogP contribution in [-0.4, -0.2) is 38.2 Å². The molecule has 142 valence electrons. The van der Waals surface area contributed by atoms with Crippen molar-refractivity contribution in [2.75, 3.05) is 6.54 Å². The van der Waals surface area contributed by atoms with Gasteiger partial charge in [-0.15, -0.1) is 0 Å². The van der Waals surface area contributed by atoms with Crippen LogP contribution in [-0.2, 0) is 13.1 Å². The molecule has 0 saturated carbocycles. The number of hydrogen-bond donors (Lipinski definition) is 1. The zero-order valence-electron chi connectivity index (χ0n) is 15.1. The van der Waals surface area contributed by atoms with Crippen molar-refractivity contribution >= 4 is 6.03 Å². The van der Waals surface area contributed by atoms with E-state index in [4.69, 9.17) is 8.94 Å². The molecule has 0 spiro atoms. The summed E-state index contributed by atoms with van der Waals surface area (Å²) in [5, 5.41) is 6.97. The molecule has 8 nitrogen and oxygen atoms in total. The van der Waals surface area contributed by atoms with Crippen LogP contribution in [0.3, 0.4) is 0 Å². The number of nitrogens with zero attached hydrogens (tertiary/aromatic N) is 4. The van der Waals surface area contributed by atoms with Crippen molar-refractivity contribution in [1.29, 1.82) is 0 Å². The van der Waals surface area contributed by atoms with Crippen LogP contribution in [0.15, 0.2) is 52.1 Å². The molecule has 1 unspecified atom stereocenters. The number of amides is 2. The van der Waals surface area contributed by atoms with Crippen molar-refractivity contribution in [1.82, 2.24) is 24.9 Å². The Morgan fingerprint density at radius 1 is 1.33 bits per heavy atom. The van der Waals surface area contributed by atoms with E-state index in [1.807, 2.05) is 23.5 Å². The van der Waals surface area contributed by atoms with Gasteiger partial charge in [0.25, 0.3) is 0 Å². The molecule has 4 heterocycles. The van der Waals surface area contributed by atoms with Crippen molar-refractivity contribution in [2.24, 2.45) is 0 Å². The lowest BCUT2D eigenvalue weighted by molar-refractivity contribution is 0.143. The summed E-state index contributed by atoms with van der Waals surface area (Å²) in [5.74, 6) is 1.18. The number of aryl methyl sites for hydroxylation is 1. The van der Waals surface area contributed by atoms with Gasteiger partial charge in [-0.3, -0.25) is 0 Å². The van der Waals surface area contributed by atoms with Gasteiger partial charge >= 0.3 is 6.03 Å². The van der Waals surface area contributed by atoms with Gasteiger partial charge in [0.15, 0.2) is 5.76 Å². The van der Waals surface area contributed by atoms with Crippen LogP contribution >= 0.6 is 0 Å².